The normalized spacial score (nSPS) is 13.4. The summed E-state index contributed by atoms with van der Waals surface area (Å²) in [6, 6.07) is -0.441. The van der Waals surface area contributed by atoms with Crippen LogP contribution in [0, 0.1) is 0 Å². The fraction of sp³-hybridized carbons (Fsp3) is 0.800. The quantitative estimate of drug-likeness (QED) is 0.651. The van der Waals surface area contributed by atoms with E-state index in [9.17, 15) is 22.8 Å². The Morgan fingerprint density at radius 3 is 2.22 bits per heavy atom. The SMILES string of the molecule is CN(C)C(CCCCNC(=O)C(F)(F)F)C(N)=O. The summed E-state index contributed by atoms with van der Waals surface area (Å²) in [4.78, 5) is 23.1. The van der Waals surface area contributed by atoms with Crippen LogP contribution in [0.1, 0.15) is 19.3 Å². The third-order valence-corrected chi connectivity index (χ3v) is 2.40. The minimum atomic E-state index is -4.85. The molecule has 0 aliphatic heterocycles. The third kappa shape index (κ3) is 6.43. The molecule has 0 saturated carbocycles. The van der Waals surface area contributed by atoms with Gasteiger partial charge in [0.1, 0.15) is 0 Å². The molecular weight excluding hydrogens is 251 g/mol. The van der Waals surface area contributed by atoms with Gasteiger partial charge in [0, 0.05) is 6.54 Å². The first-order chi connectivity index (χ1) is 8.16. The van der Waals surface area contributed by atoms with Crippen molar-refractivity contribution in [2.24, 2.45) is 5.73 Å². The lowest BCUT2D eigenvalue weighted by atomic mass is 10.1. The van der Waals surface area contributed by atoms with E-state index in [1.807, 2.05) is 0 Å². The second kappa shape index (κ2) is 7.20. The molecule has 8 heteroatoms. The van der Waals surface area contributed by atoms with Gasteiger partial charge in [-0.05, 0) is 33.4 Å². The number of alkyl halides is 3. The van der Waals surface area contributed by atoms with Gasteiger partial charge < -0.3 is 11.1 Å². The summed E-state index contributed by atoms with van der Waals surface area (Å²) in [5.41, 5.74) is 5.16. The largest absolute Gasteiger partial charge is 0.471 e. The second-order valence-corrected chi connectivity index (χ2v) is 4.13. The van der Waals surface area contributed by atoms with Gasteiger partial charge in [0.25, 0.3) is 0 Å². The monoisotopic (exact) mass is 269 g/mol. The van der Waals surface area contributed by atoms with Crippen LogP contribution in [0.2, 0.25) is 0 Å². The number of carbonyl (C=O) groups is 2. The van der Waals surface area contributed by atoms with Gasteiger partial charge in [0.05, 0.1) is 6.04 Å². The summed E-state index contributed by atoms with van der Waals surface area (Å²) < 4.78 is 35.5. The lowest BCUT2D eigenvalue weighted by Crippen LogP contribution is -2.40. The molecule has 0 aromatic rings. The fourth-order valence-electron chi connectivity index (χ4n) is 1.42. The molecule has 0 rings (SSSR count). The number of unbranched alkanes of at least 4 members (excludes halogenated alkanes) is 1. The van der Waals surface area contributed by atoms with Crippen LogP contribution in [-0.2, 0) is 9.59 Å². The van der Waals surface area contributed by atoms with Crippen molar-refractivity contribution in [2.75, 3.05) is 20.6 Å². The molecule has 0 heterocycles. The van der Waals surface area contributed by atoms with Crippen LogP contribution in [0.15, 0.2) is 0 Å². The highest BCUT2D eigenvalue weighted by molar-refractivity contribution is 5.81. The summed E-state index contributed by atoms with van der Waals surface area (Å²) in [7, 11) is 3.39. The molecule has 106 valence electrons. The summed E-state index contributed by atoms with van der Waals surface area (Å²) in [6.45, 7) is -0.0722. The Labute approximate surface area is 103 Å². The predicted molar refractivity (Wildman–Crippen MR) is 59.6 cm³/mol. The molecule has 0 aromatic carbocycles. The number of hydrogen-bond acceptors (Lipinski definition) is 3. The minimum Gasteiger partial charge on any atom is -0.368 e. The van der Waals surface area contributed by atoms with Crippen molar-refractivity contribution in [1.29, 1.82) is 0 Å². The molecule has 1 unspecified atom stereocenters. The highest BCUT2D eigenvalue weighted by Gasteiger charge is 2.38. The average molecular weight is 269 g/mol. The standard InChI is InChI=1S/C10H18F3N3O2/c1-16(2)7(8(14)17)5-3-4-6-15-9(18)10(11,12)13/h7H,3-6H2,1-2H3,(H2,14,17)(H,15,18). The Morgan fingerprint density at radius 2 is 1.83 bits per heavy atom. The maximum atomic E-state index is 11.8. The van der Waals surface area contributed by atoms with Gasteiger partial charge in [0.2, 0.25) is 5.91 Å². The highest BCUT2D eigenvalue weighted by atomic mass is 19.4. The Bertz CT molecular complexity index is 293. The molecule has 0 saturated heterocycles. The van der Waals surface area contributed by atoms with Crippen LogP contribution in [0.4, 0.5) is 13.2 Å². The van der Waals surface area contributed by atoms with E-state index in [0.29, 0.717) is 19.3 Å². The van der Waals surface area contributed by atoms with Gasteiger partial charge in [-0.1, -0.05) is 0 Å². The van der Waals surface area contributed by atoms with Crippen LogP contribution in [0.3, 0.4) is 0 Å². The third-order valence-electron chi connectivity index (χ3n) is 2.40. The average Bonchev–Trinajstić information content (AvgIpc) is 2.20. The van der Waals surface area contributed by atoms with Gasteiger partial charge in [-0.25, -0.2) is 0 Å². The molecular formula is C10H18F3N3O2. The van der Waals surface area contributed by atoms with Crippen LogP contribution >= 0.6 is 0 Å². The van der Waals surface area contributed by atoms with Crippen molar-refractivity contribution in [3.05, 3.63) is 0 Å². The van der Waals surface area contributed by atoms with E-state index in [-0.39, 0.29) is 6.54 Å². The number of hydrogen-bond donors (Lipinski definition) is 2. The van der Waals surface area contributed by atoms with Crippen molar-refractivity contribution < 1.29 is 22.8 Å². The van der Waals surface area contributed by atoms with E-state index in [0.717, 1.165) is 0 Å². The number of nitrogens with zero attached hydrogens (tertiary/aromatic N) is 1. The number of likely N-dealkylation sites (N-methyl/N-ethyl adjacent to an activating group) is 1. The number of nitrogens with one attached hydrogen (secondary N) is 1. The maximum absolute atomic E-state index is 11.8. The molecule has 0 bridgehead atoms. The van der Waals surface area contributed by atoms with E-state index in [4.69, 9.17) is 5.73 Å². The number of halogens is 3. The molecule has 0 aliphatic rings. The van der Waals surface area contributed by atoms with E-state index < -0.39 is 24.0 Å². The zero-order chi connectivity index (χ0) is 14.3. The van der Waals surface area contributed by atoms with Crippen molar-refractivity contribution in [3.63, 3.8) is 0 Å². The molecule has 18 heavy (non-hydrogen) atoms. The zero-order valence-electron chi connectivity index (χ0n) is 10.4. The summed E-state index contributed by atoms with van der Waals surface area (Å²) in [6.07, 6.45) is -3.53. The van der Waals surface area contributed by atoms with Gasteiger partial charge in [-0.15, -0.1) is 0 Å². The number of amides is 2. The first-order valence-corrected chi connectivity index (χ1v) is 5.47. The summed E-state index contributed by atoms with van der Waals surface area (Å²) in [5, 5.41) is 1.76. The van der Waals surface area contributed by atoms with E-state index in [1.54, 1.807) is 24.3 Å². The minimum absolute atomic E-state index is 0.0722. The van der Waals surface area contributed by atoms with Crippen molar-refractivity contribution in [2.45, 2.75) is 31.5 Å². The lowest BCUT2D eigenvalue weighted by molar-refractivity contribution is -0.173. The molecule has 0 aromatic heterocycles. The predicted octanol–water partition coefficient (Wildman–Crippen LogP) is 0.251. The Balaban J connectivity index is 3.80. The van der Waals surface area contributed by atoms with Crippen LogP contribution in [0.5, 0.6) is 0 Å². The number of carbonyl (C=O) groups excluding carboxylic acids is 2. The fourth-order valence-corrected chi connectivity index (χ4v) is 1.42. The summed E-state index contributed by atoms with van der Waals surface area (Å²) in [5.74, 6) is -2.42. The van der Waals surface area contributed by atoms with Gasteiger partial charge in [-0.2, -0.15) is 13.2 Å². The topological polar surface area (TPSA) is 75.4 Å². The first kappa shape index (κ1) is 16.7. The lowest BCUT2D eigenvalue weighted by Gasteiger charge is -2.20. The molecule has 0 spiro atoms. The smallest absolute Gasteiger partial charge is 0.368 e. The Kier molecular flexibility index (Phi) is 6.67. The van der Waals surface area contributed by atoms with Crippen molar-refractivity contribution in [3.8, 4) is 0 Å². The van der Waals surface area contributed by atoms with Gasteiger partial charge in [-0.3, -0.25) is 14.5 Å². The van der Waals surface area contributed by atoms with Gasteiger partial charge >= 0.3 is 12.1 Å². The molecule has 1 atom stereocenters. The highest BCUT2D eigenvalue weighted by Crippen LogP contribution is 2.14. The summed E-state index contributed by atoms with van der Waals surface area (Å²) >= 11 is 0. The van der Waals surface area contributed by atoms with E-state index in [1.165, 1.54) is 0 Å². The second-order valence-electron chi connectivity index (χ2n) is 4.13. The van der Waals surface area contributed by atoms with Crippen molar-refractivity contribution in [1.82, 2.24) is 10.2 Å². The van der Waals surface area contributed by atoms with Gasteiger partial charge in [0.15, 0.2) is 0 Å². The van der Waals surface area contributed by atoms with Crippen LogP contribution in [-0.4, -0.2) is 49.6 Å². The number of primary amides is 1. The number of nitrogens with two attached hydrogens (primary N) is 1. The molecule has 0 radical (unpaired) electrons. The zero-order valence-corrected chi connectivity index (χ0v) is 10.4. The van der Waals surface area contributed by atoms with E-state index >= 15 is 0 Å². The van der Waals surface area contributed by atoms with Crippen LogP contribution < -0.4 is 11.1 Å². The molecule has 0 fully saturated rings. The Hall–Kier alpha value is -1.31. The van der Waals surface area contributed by atoms with E-state index in [2.05, 4.69) is 0 Å². The molecule has 0 aliphatic carbocycles. The first-order valence-electron chi connectivity index (χ1n) is 5.47. The van der Waals surface area contributed by atoms with Crippen LogP contribution in [0.25, 0.3) is 0 Å². The molecule has 5 nitrogen and oxygen atoms in total. The number of rotatable bonds is 7. The Morgan fingerprint density at radius 1 is 1.28 bits per heavy atom. The molecule has 2 amide bonds. The van der Waals surface area contributed by atoms with Crippen molar-refractivity contribution >= 4 is 11.8 Å². The molecule has 3 N–H and O–H groups in total. The maximum Gasteiger partial charge on any atom is 0.471 e.